The third-order valence-electron chi connectivity index (χ3n) is 3.63. The molecule has 0 saturated carbocycles. The van der Waals surface area contributed by atoms with E-state index in [9.17, 15) is 0 Å². The topological polar surface area (TPSA) is 3.24 Å². The molecule has 3 fully saturated rings. The van der Waals surface area contributed by atoms with Crippen molar-refractivity contribution >= 4 is 11.8 Å². The van der Waals surface area contributed by atoms with Crippen molar-refractivity contribution in [3.63, 3.8) is 0 Å². The molecule has 0 aliphatic carbocycles. The number of benzene rings is 1. The molecule has 1 aromatic rings. The van der Waals surface area contributed by atoms with Crippen LogP contribution in [0.2, 0.25) is 0 Å². The maximum absolute atomic E-state index is 2.63. The first-order valence-corrected chi connectivity index (χ1v) is 7.74. The molecule has 3 saturated heterocycles. The van der Waals surface area contributed by atoms with Crippen molar-refractivity contribution in [1.82, 2.24) is 4.90 Å². The summed E-state index contributed by atoms with van der Waals surface area (Å²) in [4.78, 5) is 4.07. The fraction of sp³-hybridized carbons (Fsp3) is 0.600. The Hall–Kier alpha value is -0.470. The standard InChI is InChI=1S/C13H17NS.C2H6/c1-2-4-12(5-3-1)15-13-10-14-8-6-11(13)7-9-14;1-2/h1-5,11,13H,6-10H2;1-2H3/t13-;/m0./s1. The summed E-state index contributed by atoms with van der Waals surface area (Å²) < 4.78 is 0. The highest BCUT2D eigenvalue weighted by Crippen LogP contribution is 2.38. The number of nitrogens with zero attached hydrogens (tertiary/aromatic N) is 1. The van der Waals surface area contributed by atoms with Gasteiger partial charge in [0.1, 0.15) is 0 Å². The molecule has 0 N–H and O–H groups in total. The molecule has 3 heterocycles. The van der Waals surface area contributed by atoms with Crippen molar-refractivity contribution in [2.45, 2.75) is 36.8 Å². The molecule has 0 unspecified atom stereocenters. The van der Waals surface area contributed by atoms with E-state index in [1.54, 1.807) is 0 Å². The van der Waals surface area contributed by atoms with Gasteiger partial charge in [0, 0.05) is 16.7 Å². The smallest absolute Gasteiger partial charge is 0.0251 e. The van der Waals surface area contributed by atoms with Crippen molar-refractivity contribution in [3.05, 3.63) is 30.3 Å². The van der Waals surface area contributed by atoms with Crippen LogP contribution >= 0.6 is 11.8 Å². The average Bonchev–Trinajstić information content (AvgIpc) is 2.43. The lowest BCUT2D eigenvalue weighted by atomic mass is 9.88. The van der Waals surface area contributed by atoms with E-state index in [4.69, 9.17) is 0 Å². The van der Waals surface area contributed by atoms with Crippen LogP contribution in [0, 0.1) is 5.92 Å². The zero-order valence-corrected chi connectivity index (χ0v) is 11.7. The summed E-state index contributed by atoms with van der Waals surface area (Å²) >= 11 is 2.09. The van der Waals surface area contributed by atoms with Gasteiger partial charge in [0.25, 0.3) is 0 Å². The third kappa shape index (κ3) is 3.26. The van der Waals surface area contributed by atoms with Crippen LogP contribution in [0.25, 0.3) is 0 Å². The van der Waals surface area contributed by atoms with E-state index >= 15 is 0 Å². The van der Waals surface area contributed by atoms with Gasteiger partial charge in [-0.1, -0.05) is 32.0 Å². The van der Waals surface area contributed by atoms with Crippen LogP contribution in [-0.2, 0) is 0 Å². The maximum Gasteiger partial charge on any atom is 0.0251 e. The highest BCUT2D eigenvalue weighted by Gasteiger charge is 2.34. The molecule has 0 amide bonds. The first-order valence-electron chi connectivity index (χ1n) is 6.86. The largest absolute Gasteiger partial charge is 0.302 e. The predicted octanol–water partition coefficient (Wildman–Crippen LogP) is 3.90. The SMILES string of the molecule is CC.c1ccc(S[C@H]2CN3CCC2CC3)cc1. The Labute approximate surface area is 110 Å². The quantitative estimate of drug-likeness (QED) is 0.782. The molecule has 94 valence electrons. The van der Waals surface area contributed by atoms with Crippen molar-refractivity contribution < 1.29 is 0 Å². The van der Waals surface area contributed by atoms with Crippen molar-refractivity contribution in [2.75, 3.05) is 19.6 Å². The second-order valence-corrected chi connectivity index (χ2v) is 5.92. The lowest BCUT2D eigenvalue weighted by Crippen LogP contribution is -2.48. The van der Waals surface area contributed by atoms with Crippen LogP contribution in [0.3, 0.4) is 0 Å². The summed E-state index contributed by atoms with van der Waals surface area (Å²) in [5.74, 6) is 0.972. The molecule has 0 aromatic heterocycles. The second kappa shape index (κ2) is 6.46. The van der Waals surface area contributed by atoms with E-state index in [-0.39, 0.29) is 0 Å². The lowest BCUT2D eigenvalue weighted by Gasteiger charge is -2.44. The lowest BCUT2D eigenvalue weighted by molar-refractivity contribution is 0.118. The molecule has 17 heavy (non-hydrogen) atoms. The first kappa shape index (κ1) is 13.0. The summed E-state index contributed by atoms with van der Waals surface area (Å²) in [5.41, 5.74) is 0. The summed E-state index contributed by atoms with van der Waals surface area (Å²) in [7, 11) is 0. The Bertz CT molecular complexity index is 317. The minimum atomic E-state index is 0.842. The Kier molecular flexibility index (Phi) is 4.93. The monoisotopic (exact) mass is 249 g/mol. The fourth-order valence-electron chi connectivity index (χ4n) is 2.72. The first-order chi connectivity index (χ1) is 8.42. The molecule has 3 aliphatic rings. The maximum atomic E-state index is 2.63. The van der Waals surface area contributed by atoms with Crippen molar-refractivity contribution in [3.8, 4) is 0 Å². The second-order valence-electron chi connectivity index (χ2n) is 4.61. The highest BCUT2D eigenvalue weighted by molar-refractivity contribution is 8.00. The van der Waals surface area contributed by atoms with Crippen molar-refractivity contribution in [1.29, 1.82) is 0 Å². The van der Waals surface area contributed by atoms with Gasteiger partial charge in [-0.15, -0.1) is 11.8 Å². The van der Waals surface area contributed by atoms with Crippen LogP contribution in [0.1, 0.15) is 26.7 Å². The van der Waals surface area contributed by atoms with Gasteiger partial charge < -0.3 is 4.90 Å². The molecular formula is C15H23NS. The van der Waals surface area contributed by atoms with E-state index in [1.165, 1.54) is 37.4 Å². The van der Waals surface area contributed by atoms with Gasteiger partial charge in [0.05, 0.1) is 0 Å². The van der Waals surface area contributed by atoms with E-state index in [1.807, 2.05) is 13.8 Å². The molecule has 1 aromatic carbocycles. The highest BCUT2D eigenvalue weighted by atomic mass is 32.2. The van der Waals surface area contributed by atoms with Gasteiger partial charge in [-0.05, 0) is 44.0 Å². The van der Waals surface area contributed by atoms with Gasteiger partial charge in [0.15, 0.2) is 0 Å². The van der Waals surface area contributed by atoms with E-state index < -0.39 is 0 Å². The predicted molar refractivity (Wildman–Crippen MR) is 76.6 cm³/mol. The van der Waals surface area contributed by atoms with Gasteiger partial charge in [0.2, 0.25) is 0 Å². The van der Waals surface area contributed by atoms with Crippen LogP contribution in [0.5, 0.6) is 0 Å². The normalized spacial score (nSPS) is 30.6. The minimum Gasteiger partial charge on any atom is -0.302 e. The number of rotatable bonds is 2. The zero-order chi connectivity index (χ0) is 12.1. The van der Waals surface area contributed by atoms with Crippen molar-refractivity contribution in [2.24, 2.45) is 5.92 Å². The number of piperidine rings is 3. The Morgan fingerprint density at radius 3 is 2.24 bits per heavy atom. The number of hydrogen-bond donors (Lipinski definition) is 0. The number of fused-ring (bicyclic) bond motifs is 3. The minimum absolute atomic E-state index is 0.842. The van der Waals surface area contributed by atoms with E-state index in [2.05, 4.69) is 47.0 Å². The molecular weight excluding hydrogens is 226 g/mol. The van der Waals surface area contributed by atoms with E-state index in [0.29, 0.717) is 0 Å². The average molecular weight is 249 g/mol. The Balaban J connectivity index is 0.000000514. The molecule has 0 spiro atoms. The zero-order valence-electron chi connectivity index (χ0n) is 10.9. The molecule has 2 heteroatoms. The Morgan fingerprint density at radius 2 is 1.71 bits per heavy atom. The van der Waals surface area contributed by atoms with Crippen LogP contribution in [0.15, 0.2) is 35.2 Å². The summed E-state index contributed by atoms with van der Waals surface area (Å²) in [6.45, 7) is 8.00. The summed E-state index contributed by atoms with van der Waals surface area (Å²) in [5, 5.41) is 0.842. The van der Waals surface area contributed by atoms with Crippen LogP contribution in [-0.4, -0.2) is 29.8 Å². The molecule has 4 rings (SSSR count). The van der Waals surface area contributed by atoms with Gasteiger partial charge in [-0.3, -0.25) is 0 Å². The van der Waals surface area contributed by atoms with Gasteiger partial charge >= 0.3 is 0 Å². The van der Waals surface area contributed by atoms with Crippen LogP contribution < -0.4 is 0 Å². The molecule has 0 radical (unpaired) electrons. The van der Waals surface area contributed by atoms with Gasteiger partial charge in [-0.2, -0.15) is 0 Å². The molecule has 3 aliphatic heterocycles. The number of thioether (sulfide) groups is 1. The summed E-state index contributed by atoms with van der Waals surface area (Å²) in [6.07, 6.45) is 2.84. The third-order valence-corrected chi connectivity index (χ3v) is 5.01. The van der Waals surface area contributed by atoms with Crippen LogP contribution in [0.4, 0.5) is 0 Å². The van der Waals surface area contributed by atoms with Gasteiger partial charge in [-0.25, -0.2) is 0 Å². The molecule has 1 atom stereocenters. The fourth-order valence-corrected chi connectivity index (χ4v) is 4.13. The molecule has 2 bridgehead atoms. The Morgan fingerprint density at radius 1 is 1.06 bits per heavy atom. The number of hydrogen-bond acceptors (Lipinski definition) is 2. The molecule has 1 nitrogen and oxygen atoms in total. The summed E-state index contributed by atoms with van der Waals surface area (Å²) in [6, 6.07) is 10.9. The van der Waals surface area contributed by atoms with E-state index in [0.717, 1.165) is 11.2 Å².